The fourth-order valence-electron chi connectivity index (χ4n) is 3.90. The SMILES string of the molecule is CCOC(=O)N1CCC(Nc2c(NC3CCC(C)CC3)c(=O)c2=O)CC1. The summed E-state index contributed by atoms with van der Waals surface area (Å²) in [6, 6.07) is 0.372. The Bertz CT molecular complexity index is 694. The Labute approximate surface area is 153 Å². The highest BCUT2D eigenvalue weighted by Crippen LogP contribution is 2.28. The molecule has 3 rings (SSSR count). The Kier molecular flexibility index (Phi) is 5.84. The average molecular weight is 363 g/mol. The van der Waals surface area contributed by atoms with Gasteiger partial charge in [0.15, 0.2) is 0 Å². The third-order valence-corrected chi connectivity index (χ3v) is 5.64. The van der Waals surface area contributed by atoms with Gasteiger partial charge in [-0.25, -0.2) is 4.79 Å². The van der Waals surface area contributed by atoms with Crippen LogP contribution in [0.15, 0.2) is 9.59 Å². The zero-order valence-electron chi connectivity index (χ0n) is 15.7. The quantitative estimate of drug-likeness (QED) is 0.781. The summed E-state index contributed by atoms with van der Waals surface area (Å²) in [5.74, 6) is 0.739. The van der Waals surface area contributed by atoms with Gasteiger partial charge in [0, 0.05) is 25.2 Å². The number of carbonyl (C=O) groups excluding carboxylic acids is 1. The third kappa shape index (κ3) is 4.02. The van der Waals surface area contributed by atoms with E-state index in [1.807, 2.05) is 0 Å². The van der Waals surface area contributed by atoms with Crippen LogP contribution in [-0.2, 0) is 4.74 Å². The third-order valence-electron chi connectivity index (χ3n) is 5.64. The molecule has 1 aromatic rings. The van der Waals surface area contributed by atoms with E-state index in [9.17, 15) is 14.4 Å². The van der Waals surface area contributed by atoms with Gasteiger partial charge in [-0.2, -0.15) is 0 Å². The van der Waals surface area contributed by atoms with E-state index in [1.165, 1.54) is 0 Å². The normalized spacial score (nSPS) is 24.5. The predicted molar refractivity (Wildman–Crippen MR) is 102 cm³/mol. The molecule has 0 radical (unpaired) electrons. The van der Waals surface area contributed by atoms with Gasteiger partial charge in [-0.3, -0.25) is 9.59 Å². The summed E-state index contributed by atoms with van der Waals surface area (Å²) in [4.78, 5) is 37.4. The summed E-state index contributed by atoms with van der Waals surface area (Å²) >= 11 is 0. The first kappa shape index (κ1) is 18.7. The van der Waals surface area contributed by atoms with Gasteiger partial charge in [-0.15, -0.1) is 0 Å². The molecule has 0 bridgehead atoms. The molecule has 2 fully saturated rings. The molecule has 2 aliphatic rings. The summed E-state index contributed by atoms with van der Waals surface area (Å²) in [5.41, 5.74) is 0.0603. The van der Waals surface area contributed by atoms with Gasteiger partial charge in [0.2, 0.25) is 0 Å². The average Bonchev–Trinajstić information content (AvgIpc) is 2.66. The van der Waals surface area contributed by atoms with Gasteiger partial charge in [-0.05, 0) is 51.4 Å². The zero-order valence-corrected chi connectivity index (χ0v) is 15.7. The molecule has 7 heteroatoms. The van der Waals surface area contributed by atoms with Gasteiger partial charge in [0.25, 0.3) is 10.9 Å². The number of carbonyl (C=O) groups is 1. The Morgan fingerprint density at radius 3 is 1.96 bits per heavy atom. The number of hydrogen-bond acceptors (Lipinski definition) is 6. The first-order valence-electron chi connectivity index (χ1n) is 9.77. The number of likely N-dealkylation sites (tertiary alicyclic amines) is 1. The molecule has 0 atom stereocenters. The number of anilines is 2. The van der Waals surface area contributed by atoms with Gasteiger partial charge in [0.1, 0.15) is 11.4 Å². The fourth-order valence-corrected chi connectivity index (χ4v) is 3.90. The lowest BCUT2D eigenvalue weighted by molar-refractivity contribution is 0.0983. The molecule has 1 heterocycles. The molecule has 1 saturated carbocycles. The number of hydrogen-bond donors (Lipinski definition) is 2. The first-order valence-corrected chi connectivity index (χ1v) is 9.77. The van der Waals surface area contributed by atoms with E-state index in [2.05, 4.69) is 17.6 Å². The van der Waals surface area contributed by atoms with Crippen LogP contribution in [0.4, 0.5) is 16.2 Å². The van der Waals surface area contributed by atoms with Crippen molar-refractivity contribution >= 4 is 17.5 Å². The molecule has 2 N–H and O–H groups in total. The van der Waals surface area contributed by atoms with E-state index in [-0.39, 0.29) is 18.2 Å². The molecular formula is C19H29N3O4. The largest absolute Gasteiger partial charge is 0.450 e. The molecule has 1 aromatic carbocycles. The van der Waals surface area contributed by atoms with Gasteiger partial charge >= 0.3 is 6.09 Å². The van der Waals surface area contributed by atoms with Crippen LogP contribution in [0.3, 0.4) is 0 Å². The monoisotopic (exact) mass is 363 g/mol. The van der Waals surface area contributed by atoms with Gasteiger partial charge in [-0.1, -0.05) is 6.92 Å². The summed E-state index contributed by atoms with van der Waals surface area (Å²) in [6.45, 7) is 5.60. The first-order chi connectivity index (χ1) is 12.5. The smallest absolute Gasteiger partial charge is 0.409 e. The lowest BCUT2D eigenvalue weighted by atomic mass is 9.87. The number of piperidine rings is 1. The van der Waals surface area contributed by atoms with E-state index < -0.39 is 10.9 Å². The molecule has 7 nitrogen and oxygen atoms in total. The Balaban J connectivity index is 1.55. The fraction of sp³-hybridized carbons (Fsp3) is 0.737. The molecule has 144 valence electrons. The Morgan fingerprint density at radius 1 is 0.962 bits per heavy atom. The number of nitrogens with one attached hydrogen (secondary N) is 2. The second kappa shape index (κ2) is 8.10. The van der Waals surface area contributed by atoms with Crippen LogP contribution in [-0.4, -0.2) is 42.8 Å². The second-order valence-corrected chi connectivity index (χ2v) is 7.61. The van der Waals surface area contributed by atoms with E-state index in [4.69, 9.17) is 4.74 Å². The molecule has 0 aromatic heterocycles. The van der Waals surface area contributed by atoms with Crippen LogP contribution < -0.4 is 21.5 Å². The highest BCUT2D eigenvalue weighted by molar-refractivity contribution is 5.74. The van der Waals surface area contributed by atoms with Crippen LogP contribution in [0.1, 0.15) is 52.4 Å². The number of rotatable bonds is 5. The lowest BCUT2D eigenvalue weighted by Gasteiger charge is -2.33. The minimum absolute atomic E-state index is 0.0934. The van der Waals surface area contributed by atoms with Crippen molar-refractivity contribution in [2.45, 2.75) is 64.5 Å². The summed E-state index contributed by atoms with van der Waals surface area (Å²) in [6.07, 6.45) is 5.57. The van der Waals surface area contributed by atoms with Gasteiger partial charge < -0.3 is 20.3 Å². The summed E-state index contributed by atoms with van der Waals surface area (Å²) in [7, 11) is 0. The number of ether oxygens (including phenoxy) is 1. The van der Waals surface area contributed by atoms with Gasteiger partial charge in [0.05, 0.1) is 6.61 Å². The van der Waals surface area contributed by atoms with Crippen molar-refractivity contribution in [3.05, 3.63) is 20.4 Å². The molecule has 0 spiro atoms. The molecular weight excluding hydrogens is 334 g/mol. The second-order valence-electron chi connectivity index (χ2n) is 7.61. The number of amides is 1. The maximum absolute atomic E-state index is 12.0. The van der Waals surface area contributed by atoms with Crippen molar-refractivity contribution in [1.82, 2.24) is 4.90 Å². The Morgan fingerprint density at radius 2 is 1.46 bits per heavy atom. The predicted octanol–water partition coefficient (Wildman–Crippen LogP) is 2.31. The maximum atomic E-state index is 12.0. The molecule has 1 aliphatic heterocycles. The summed E-state index contributed by atoms with van der Waals surface area (Å²) < 4.78 is 5.02. The van der Waals surface area contributed by atoms with E-state index in [0.717, 1.165) is 44.4 Å². The van der Waals surface area contributed by atoms with E-state index >= 15 is 0 Å². The van der Waals surface area contributed by atoms with Crippen LogP contribution in [0.2, 0.25) is 0 Å². The minimum atomic E-state index is -0.426. The van der Waals surface area contributed by atoms with Crippen LogP contribution in [0.25, 0.3) is 0 Å². The summed E-state index contributed by atoms with van der Waals surface area (Å²) in [5, 5.41) is 6.55. The molecule has 1 amide bonds. The topological polar surface area (TPSA) is 87.7 Å². The van der Waals surface area contributed by atoms with Crippen molar-refractivity contribution in [3.63, 3.8) is 0 Å². The van der Waals surface area contributed by atoms with Crippen LogP contribution in [0, 0.1) is 5.92 Å². The minimum Gasteiger partial charge on any atom is -0.450 e. The van der Waals surface area contributed by atoms with Crippen LogP contribution in [0.5, 0.6) is 0 Å². The van der Waals surface area contributed by atoms with E-state index in [1.54, 1.807) is 11.8 Å². The lowest BCUT2D eigenvalue weighted by Crippen LogP contribution is -2.46. The molecule has 1 saturated heterocycles. The molecule has 1 aliphatic carbocycles. The van der Waals surface area contributed by atoms with Crippen molar-refractivity contribution in [1.29, 1.82) is 0 Å². The van der Waals surface area contributed by atoms with Crippen molar-refractivity contribution in [2.75, 3.05) is 30.3 Å². The standard InChI is InChI=1S/C19H29N3O4/c1-3-26-19(25)22-10-8-14(9-11-22)21-16-15(17(23)18(16)24)20-13-6-4-12(2)5-7-13/h12-14,20-21H,3-11H2,1-2H3. The van der Waals surface area contributed by atoms with Crippen LogP contribution >= 0.6 is 0 Å². The zero-order chi connectivity index (χ0) is 18.7. The van der Waals surface area contributed by atoms with Crippen molar-refractivity contribution < 1.29 is 9.53 Å². The van der Waals surface area contributed by atoms with Crippen molar-refractivity contribution in [2.24, 2.45) is 5.92 Å². The van der Waals surface area contributed by atoms with Crippen molar-refractivity contribution in [3.8, 4) is 0 Å². The van der Waals surface area contributed by atoms with E-state index in [0.29, 0.717) is 31.1 Å². The maximum Gasteiger partial charge on any atom is 0.409 e. The Hall–Kier alpha value is -2.05. The highest BCUT2D eigenvalue weighted by Gasteiger charge is 2.29. The number of nitrogens with zero attached hydrogens (tertiary/aromatic N) is 1. The molecule has 26 heavy (non-hydrogen) atoms. The molecule has 0 unspecified atom stereocenters. The highest BCUT2D eigenvalue weighted by atomic mass is 16.6.